The number of halogens is 1. The number of benzene rings is 1. The molecule has 3 fully saturated rings. The molecule has 2 heterocycles. The van der Waals surface area contributed by atoms with Gasteiger partial charge in [0.25, 0.3) is 0 Å². The van der Waals surface area contributed by atoms with Crippen molar-refractivity contribution in [1.82, 2.24) is 14.5 Å². The monoisotopic (exact) mass is 799 g/mol. The summed E-state index contributed by atoms with van der Waals surface area (Å²) in [6.07, 6.45) is 1.07. The molecule has 0 aromatic heterocycles. The molecule has 1 aromatic carbocycles. The lowest BCUT2D eigenvalue weighted by Crippen LogP contribution is -2.49. The van der Waals surface area contributed by atoms with Gasteiger partial charge in [-0.3, -0.25) is 33.6 Å². The third-order valence-corrected chi connectivity index (χ3v) is 12.9. The van der Waals surface area contributed by atoms with Crippen molar-refractivity contribution in [2.45, 2.75) is 129 Å². The van der Waals surface area contributed by atoms with Gasteiger partial charge in [-0.15, -0.1) is 6.58 Å². The molecule has 1 N–H and O–H groups in total. The van der Waals surface area contributed by atoms with Crippen LogP contribution in [0.5, 0.6) is 0 Å². The van der Waals surface area contributed by atoms with Gasteiger partial charge in [0.2, 0.25) is 21.8 Å². The average Bonchev–Trinajstić information content (AvgIpc) is 3.96. The van der Waals surface area contributed by atoms with Crippen LogP contribution in [0.2, 0.25) is 0 Å². The first kappa shape index (κ1) is 42.7. The smallest absolute Gasteiger partial charge is 0.410 e. The van der Waals surface area contributed by atoms with E-state index in [2.05, 4.69) is 11.3 Å². The van der Waals surface area contributed by atoms with E-state index in [1.165, 1.54) is 28.0 Å². The van der Waals surface area contributed by atoms with Crippen LogP contribution in [-0.2, 0) is 56.6 Å². The topological polar surface area (TPSA) is 174 Å². The molecular weight excluding hydrogens is 746 g/mol. The van der Waals surface area contributed by atoms with Crippen molar-refractivity contribution in [3.05, 3.63) is 59.4 Å². The number of likely N-dealkylation sites (tertiary alicyclic amines) is 1. The molecule has 15 heteroatoms. The van der Waals surface area contributed by atoms with E-state index in [1.54, 1.807) is 60.6 Å². The lowest BCUT2D eigenvalue weighted by molar-refractivity contribution is -0.161. The highest BCUT2D eigenvalue weighted by Crippen LogP contribution is 2.57. The van der Waals surface area contributed by atoms with Gasteiger partial charge in [-0.25, -0.2) is 17.6 Å². The molecule has 2 aliphatic heterocycles. The highest BCUT2D eigenvalue weighted by molar-refractivity contribution is 7.90. The number of Topliss-reactive ketones (excluding diaryl/α,β-unsaturated/α-hetero) is 1. The van der Waals surface area contributed by atoms with Gasteiger partial charge in [0, 0.05) is 31.4 Å². The Bertz CT molecular complexity index is 1940. The minimum Gasteiger partial charge on any atom is -0.460 e. The Labute approximate surface area is 328 Å². The summed E-state index contributed by atoms with van der Waals surface area (Å²) < 4.78 is 53.6. The predicted octanol–water partition coefficient (Wildman–Crippen LogP) is 5.31. The van der Waals surface area contributed by atoms with Crippen LogP contribution >= 0.6 is 0 Å². The van der Waals surface area contributed by atoms with Crippen molar-refractivity contribution in [2.75, 3.05) is 6.54 Å². The van der Waals surface area contributed by atoms with Crippen molar-refractivity contribution in [3.63, 3.8) is 0 Å². The largest absolute Gasteiger partial charge is 0.460 e. The van der Waals surface area contributed by atoms with Crippen LogP contribution in [0.15, 0.2) is 42.5 Å². The van der Waals surface area contributed by atoms with Gasteiger partial charge in [-0.1, -0.05) is 37.6 Å². The van der Waals surface area contributed by atoms with Crippen molar-refractivity contribution in [2.24, 2.45) is 22.7 Å². The second-order valence-corrected chi connectivity index (χ2v) is 19.7. The summed E-state index contributed by atoms with van der Waals surface area (Å²) in [5.41, 5.74) is -1.69. The molecule has 2 aliphatic carbocycles. The molecule has 1 aromatic rings. The van der Waals surface area contributed by atoms with Gasteiger partial charge in [-0.2, -0.15) is 0 Å². The fourth-order valence-electron chi connectivity index (χ4n) is 7.86. The highest BCUT2D eigenvalue weighted by atomic mass is 32.2. The minimum atomic E-state index is -3.93. The van der Waals surface area contributed by atoms with Gasteiger partial charge < -0.3 is 14.4 Å². The van der Waals surface area contributed by atoms with Gasteiger partial charge >= 0.3 is 12.1 Å². The Balaban J connectivity index is 1.44. The number of nitrogens with zero attached hydrogens (tertiary/aromatic N) is 2. The number of amides is 3. The summed E-state index contributed by atoms with van der Waals surface area (Å²) in [6.45, 7) is 15.5. The number of carbonyl (C=O) groups is 6. The zero-order valence-electron chi connectivity index (χ0n) is 33.3. The Morgan fingerprint density at radius 1 is 1.07 bits per heavy atom. The summed E-state index contributed by atoms with van der Waals surface area (Å²) in [6, 6.07) is 3.32. The Morgan fingerprint density at radius 3 is 2.32 bits per heavy atom. The van der Waals surface area contributed by atoms with Crippen LogP contribution < -0.4 is 4.72 Å². The fourth-order valence-corrected chi connectivity index (χ4v) is 9.25. The highest BCUT2D eigenvalue weighted by Gasteiger charge is 2.61. The Kier molecular flexibility index (Phi) is 12.1. The number of fused-ring (bicyclic) bond motifs is 1. The average molecular weight is 800 g/mol. The number of nitrogens with one attached hydrogen (secondary N) is 1. The lowest BCUT2D eigenvalue weighted by atomic mass is 9.72. The standard InChI is InChI=1S/C41H54FN3O10S/c1-9-26-18-41(26,37(50)43-56(52,53)29-13-14-29)20-34(47)33-16-28(54-38(51)44-21-25-11-10-12-32(42)30(25)23-44)22-45(33)36(49)31(17-35(48)55-39(4,5)6)40(7,8)19-27(46)15-24(2)3/h9-12,15,26,28-29,31,33H,1,13-14,16-23H2,2-8H3,(H,43,50)/t26-,28?,31-,33+,41-/m1/s1. The van der Waals surface area contributed by atoms with Crippen LogP contribution in [0, 0.1) is 28.5 Å². The molecule has 1 unspecified atom stereocenters. The SMILES string of the molecule is C=C[C@@H]1C[C@]1(CC(=O)[C@@H]1CC(OC(=O)N2Cc3cccc(F)c3C2)CN1C(=O)[C@@H](CC(=O)OC(C)(C)C)C(C)(C)CC(=O)C=C(C)C)C(=O)NS(=O)(=O)C1CC1. The first-order valence-electron chi connectivity index (χ1n) is 19.1. The number of esters is 1. The molecule has 5 atom stereocenters. The van der Waals surface area contributed by atoms with E-state index in [0.717, 1.165) is 5.57 Å². The zero-order chi connectivity index (χ0) is 41.5. The molecule has 3 amide bonds. The third-order valence-electron chi connectivity index (χ3n) is 11.0. The van der Waals surface area contributed by atoms with E-state index in [9.17, 15) is 41.6 Å². The summed E-state index contributed by atoms with van der Waals surface area (Å²) in [4.78, 5) is 85.4. The Hall–Kier alpha value is -4.40. The zero-order valence-corrected chi connectivity index (χ0v) is 34.1. The van der Waals surface area contributed by atoms with E-state index >= 15 is 0 Å². The molecule has 0 bridgehead atoms. The maximum absolute atomic E-state index is 14.9. The van der Waals surface area contributed by atoms with Crippen molar-refractivity contribution in [1.29, 1.82) is 0 Å². The number of sulfonamides is 1. The van der Waals surface area contributed by atoms with Crippen molar-refractivity contribution < 1.29 is 51.0 Å². The molecule has 2 saturated carbocycles. The molecule has 0 radical (unpaired) electrons. The number of hydrogen-bond donors (Lipinski definition) is 1. The summed E-state index contributed by atoms with van der Waals surface area (Å²) in [5.74, 6) is -5.11. The van der Waals surface area contributed by atoms with Crippen LogP contribution in [0.4, 0.5) is 9.18 Å². The van der Waals surface area contributed by atoms with Crippen LogP contribution in [-0.4, -0.2) is 83.2 Å². The number of rotatable bonds is 15. The molecule has 1 saturated heterocycles. The summed E-state index contributed by atoms with van der Waals surface area (Å²) in [7, 11) is -3.93. The van der Waals surface area contributed by atoms with Crippen LogP contribution in [0.25, 0.3) is 0 Å². The Morgan fingerprint density at radius 2 is 1.75 bits per heavy atom. The molecule has 13 nitrogen and oxygen atoms in total. The summed E-state index contributed by atoms with van der Waals surface area (Å²) in [5, 5.41) is -0.674. The molecular formula is C41H54FN3O10S. The lowest BCUT2D eigenvalue weighted by Gasteiger charge is -2.37. The number of ketones is 2. The minimum absolute atomic E-state index is 0.0330. The predicted molar refractivity (Wildman–Crippen MR) is 203 cm³/mol. The van der Waals surface area contributed by atoms with Gasteiger partial charge in [0.1, 0.15) is 17.5 Å². The van der Waals surface area contributed by atoms with E-state index < -0.39 is 104 Å². The number of ether oxygens (including phenoxy) is 2. The molecule has 5 rings (SSSR count). The third kappa shape index (κ3) is 9.75. The molecule has 56 heavy (non-hydrogen) atoms. The number of carbonyl (C=O) groups excluding carboxylic acids is 6. The van der Waals surface area contributed by atoms with E-state index in [1.807, 2.05) is 0 Å². The second-order valence-electron chi connectivity index (χ2n) is 17.7. The van der Waals surface area contributed by atoms with Gasteiger partial charge in [0.15, 0.2) is 11.6 Å². The van der Waals surface area contributed by atoms with Gasteiger partial charge in [-0.05, 0) is 82.9 Å². The first-order valence-corrected chi connectivity index (χ1v) is 20.6. The van der Waals surface area contributed by atoms with Crippen LogP contribution in [0.1, 0.15) is 105 Å². The quantitative estimate of drug-likeness (QED) is 0.139. The normalized spacial score (nSPS) is 23.8. The van der Waals surface area contributed by atoms with E-state index in [0.29, 0.717) is 24.0 Å². The molecule has 4 aliphatic rings. The van der Waals surface area contributed by atoms with E-state index in [4.69, 9.17) is 9.47 Å². The maximum atomic E-state index is 14.9. The maximum Gasteiger partial charge on any atom is 0.410 e. The van der Waals surface area contributed by atoms with Crippen LogP contribution in [0.3, 0.4) is 0 Å². The van der Waals surface area contributed by atoms with E-state index in [-0.39, 0.29) is 44.7 Å². The van der Waals surface area contributed by atoms with Gasteiger partial charge in [0.05, 0.1) is 42.1 Å². The fraction of sp³-hybridized carbons (Fsp3) is 0.610. The van der Waals surface area contributed by atoms with Crippen molar-refractivity contribution >= 4 is 45.5 Å². The number of allylic oxidation sites excluding steroid dienone is 3. The molecule has 0 spiro atoms. The van der Waals surface area contributed by atoms with Crippen molar-refractivity contribution in [3.8, 4) is 0 Å². The number of hydrogen-bond acceptors (Lipinski definition) is 10. The second kappa shape index (κ2) is 15.9. The first-order chi connectivity index (χ1) is 26.0. The molecule has 306 valence electrons. The summed E-state index contributed by atoms with van der Waals surface area (Å²) >= 11 is 0.